The van der Waals surface area contributed by atoms with Gasteiger partial charge in [0.2, 0.25) is 5.91 Å². The quantitative estimate of drug-likeness (QED) is 0.760. The number of likely N-dealkylation sites (tertiary alicyclic amines) is 1. The van der Waals surface area contributed by atoms with E-state index >= 15 is 0 Å². The molecule has 0 spiro atoms. The Bertz CT molecular complexity index is 876. The van der Waals surface area contributed by atoms with E-state index in [2.05, 4.69) is 20.4 Å². The zero-order valence-corrected chi connectivity index (χ0v) is 15.6. The lowest BCUT2D eigenvalue weighted by molar-refractivity contribution is -0.184. The first-order valence-electron chi connectivity index (χ1n) is 8.96. The highest BCUT2D eigenvalue weighted by Gasteiger charge is 2.41. The molecule has 1 aliphatic heterocycles. The first-order chi connectivity index (χ1) is 13.8. The molecular formula is C18H20F3N5O3. The predicted octanol–water partition coefficient (Wildman–Crippen LogP) is 2.27. The number of esters is 1. The second-order valence-electron chi connectivity index (χ2n) is 6.73. The van der Waals surface area contributed by atoms with Crippen molar-refractivity contribution in [3.05, 3.63) is 36.2 Å². The van der Waals surface area contributed by atoms with Gasteiger partial charge in [0.1, 0.15) is 0 Å². The van der Waals surface area contributed by atoms with Crippen LogP contribution in [-0.4, -0.2) is 64.7 Å². The number of hydrogen-bond donors (Lipinski definition) is 1. The van der Waals surface area contributed by atoms with Crippen molar-refractivity contribution >= 4 is 17.6 Å². The number of methoxy groups -OCH3 is 1. The second-order valence-corrected chi connectivity index (χ2v) is 6.73. The zero-order valence-electron chi connectivity index (χ0n) is 15.6. The van der Waals surface area contributed by atoms with Crippen molar-refractivity contribution in [2.75, 3.05) is 32.1 Å². The van der Waals surface area contributed by atoms with E-state index in [4.69, 9.17) is 0 Å². The summed E-state index contributed by atoms with van der Waals surface area (Å²) >= 11 is 0. The molecule has 1 N–H and O–H groups in total. The van der Waals surface area contributed by atoms with Gasteiger partial charge in [0.25, 0.3) is 0 Å². The number of piperidine rings is 1. The Balaban J connectivity index is 1.57. The molecule has 1 saturated heterocycles. The van der Waals surface area contributed by atoms with Crippen LogP contribution < -0.4 is 5.32 Å². The highest BCUT2D eigenvalue weighted by molar-refractivity contribution is 5.92. The SMILES string of the molecule is COC(=O)c1cn(-c2cccc(NC(=O)CN3CCC(C(F)(F)F)CC3)c2)nn1. The molecule has 156 valence electrons. The molecule has 1 aromatic heterocycles. The number of benzene rings is 1. The number of hydrogen-bond acceptors (Lipinski definition) is 6. The summed E-state index contributed by atoms with van der Waals surface area (Å²) in [5.74, 6) is -2.23. The molecule has 0 radical (unpaired) electrons. The average molecular weight is 411 g/mol. The maximum absolute atomic E-state index is 12.7. The van der Waals surface area contributed by atoms with Gasteiger partial charge in [0.15, 0.2) is 5.69 Å². The third kappa shape index (κ3) is 5.31. The molecule has 0 bridgehead atoms. The Kier molecular flexibility index (Phi) is 6.16. The summed E-state index contributed by atoms with van der Waals surface area (Å²) in [6.07, 6.45) is -2.77. The van der Waals surface area contributed by atoms with Crippen LogP contribution in [-0.2, 0) is 9.53 Å². The van der Waals surface area contributed by atoms with Gasteiger partial charge < -0.3 is 10.1 Å². The van der Waals surface area contributed by atoms with Crippen molar-refractivity contribution in [2.24, 2.45) is 5.92 Å². The minimum absolute atomic E-state index is 0.00108. The Morgan fingerprint density at radius 3 is 2.66 bits per heavy atom. The fourth-order valence-electron chi connectivity index (χ4n) is 3.14. The number of nitrogens with one attached hydrogen (secondary N) is 1. The minimum Gasteiger partial charge on any atom is -0.464 e. The number of rotatable bonds is 5. The molecule has 1 amide bonds. The summed E-state index contributed by atoms with van der Waals surface area (Å²) in [4.78, 5) is 25.5. The number of aromatic nitrogens is 3. The van der Waals surface area contributed by atoms with Gasteiger partial charge in [-0.25, -0.2) is 9.48 Å². The van der Waals surface area contributed by atoms with Gasteiger partial charge in [-0.3, -0.25) is 9.69 Å². The normalized spacial score (nSPS) is 15.9. The number of amides is 1. The van der Waals surface area contributed by atoms with Crippen LogP contribution in [0.2, 0.25) is 0 Å². The molecule has 2 heterocycles. The summed E-state index contributed by atoms with van der Waals surface area (Å²) in [6, 6.07) is 6.73. The molecule has 1 aromatic carbocycles. The van der Waals surface area contributed by atoms with Crippen LogP contribution in [0, 0.1) is 5.92 Å². The molecule has 2 aromatic rings. The van der Waals surface area contributed by atoms with Crippen molar-refractivity contribution in [1.29, 1.82) is 0 Å². The fourth-order valence-corrected chi connectivity index (χ4v) is 3.14. The van der Waals surface area contributed by atoms with E-state index in [1.54, 1.807) is 29.2 Å². The summed E-state index contributed by atoms with van der Waals surface area (Å²) in [5.41, 5.74) is 1.11. The van der Waals surface area contributed by atoms with Gasteiger partial charge >= 0.3 is 12.1 Å². The van der Waals surface area contributed by atoms with E-state index in [0.717, 1.165) is 0 Å². The summed E-state index contributed by atoms with van der Waals surface area (Å²) < 4.78 is 44.1. The van der Waals surface area contributed by atoms with E-state index in [-0.39, 0.29) is 44.1 Å². The van der Waals surface area contributed by atoms with E-state index in [9.17, 15) is 22.8 Å². The van der Waals surface area contributed by atoms with Crippen LogP contribution >= 0.6 is 0 Å². The third-order valence-corrected chi connectivity index (χ3v) is 4.70. The lowest BCUT2D eigenvalue weighted by atomic mass is 9.96. The molecular weight excluding hydrogens is 391 g/mol. The molecule has 3 rings (SSSR count). The van der Waals surface area contributed by atoms with Crippen LogP contribution in [0.25, 0.3) is 5.69 Å². The number of halogens is 3. The number of alkyl halides is 3. The van der Waals surface area contributed by atoms with Gasteiger partial charge in [-0.1, -0.05) is 11.3 Å². The Morgan fingerprint density at radius 1 is 1.28 bits per heavy atom. The molecule has 0 atom stereocenters. The van der Waals surface area contributed by atoms with Crippen molar-refractivity contribution in [3.8, 4) is 5.69 Å². The highest BCUT2D eigenvalue weighted by atomic mass is 19.4. The number of carbonyl (C=O) groups is 2. The van der Waals surface area contributed by atoms with Gasteiger partial charge in [-0.2, -0.15) is 13.2 Å². The van der Waals surface area contributed by atoms with Crippen LogP contribution in [0.5, 0.6) is 0 Å². The number of ether oxygens (including phenoxy) is 1. The van der Waals surface area contributed by atoms with Gasteiger partial charge in [0.05, 0.1) is 31.5 Å². The molecule has 8 nitrogen and oxygen atoms in total. The minimum atomic E-state index is -4.18. The molecule has 1 aliphatic rings. The first-order valence-corrected chi connectivity index (χ1v) is 8.96. The van der Waals surface area contributed by atoms with Crippen LogP contribution in [0.3, 0.4) is 0 Å². The highest BCUT2D eigenvalue weighted by Crippen LogP contribution is 2.33. The number of anilines is 1. The summed E-state index contributed by atoms with van der Waals surface area (Å²) in [5, 5.41) is 10.3. The monoisotopic (exact) mass is 411 g/mol. The van der Waals surface area contributed by atoms with Gasteiger partial charge in [-0.05, 0) is 44.1 Å². The van der Waals surface area contributed by atoms with Crippen molar-refractivity contribution < 1.29 is 27.5 Å². The van der Waals surface area contributed by atoms with E-state index in [1.165, 1.54) is 18.0 Å². The van der Waals surface area contributed by atoms with Crippen LogP contribution in [0.4, 0.5) is 18.9 Å². The lowest BCUT2D eigenvalue weighted by Gasteiger charge is -2.32. The zero-order chi connectivity index (χ0) is 21.0. The van der Waals surface area contributed by atoms with Crippen molar-refractivity contribution in [1.82, 2.24) is 19.9 Å². The maximum atomic E-state index is 12.7. The van der Waals surface area contributed by atoms with Crippen molar-refractivity contribution in [3.63, 3.8) is 0 Å². The standard InChI is InChI=1S/C18H20F3N5O3/c1-29-17(28)15-10-26(24-23-15)14-4-2-3-13(9-14)22-16(27)11-25-7-5-12(6-8-25)18(19,20)21/h2-4,9-10,12H,5-8,11H2,1H3,(H,22,27). The Hall–Kier alpha value is -2.95. The largest absolute Gasteiger partial charge is 0.464 e. The van der Waals surface area contributed by atoms with Crippen molar-refractivity contribution in [2.45, 2.75) is 19.0 Å². The molecule has 1 fully saturated rings. The molecule has 11 heteroatoms. The third-order valence-electron chi connectivity index (χ3n) is 4.70. The smallest absolute Gasteiger partial charge is 0.391 e. The Morgan fingerprint density at radius 2 is 2.00 bits per heavy atom. The molecule has 0 unspecified atom stereocenters. The average Bonchev–Trinajstić information content (AvgIpc) is 3.17. The number of nitrogens with zero attached hydrogens (tertiary/aromatic N) is 4. The second kappa shape index (κ2) is 8.60. The maximum Gasteiger partial charge on any atom is 0.391 e. The van der Waals surface area contributed by atoms with Crippen LogP contribution in [0.1, 0.15) is 23.3 Å². The van der Waals surface area contributed by atoms with Gasteiger partial charge in [-0.15, -0.1) is 5.10 Å². The Labute approximate surface area is 164 Å². The topological polar surface area (TPSA) is 89.4 Å². The van der Waals surface area contributed by atoms with E-state index in [0.29, 0.717) is 11.4 Å². The molecule has 0 aliphatic carbocycles. The number of carbonyl (C=O) groups excluding carboxylic acids is 2. The molecule has 29 heavy (non-hydrogen) atoms. The van der Waals surface area contributed by atoms with E-state index < -0.39 is 18.1 Å². The fraction of sp³-hybridized carbons (Fsp3) is 0.444. The summed E-state index contributed by atoms with van der Waals surface area (Å²) in [7, 11) is 1.24. The van der Waals surface area contributed by atoms with Gasteiger partial charge in [0, 0.05) is 5.69 Å². The molecule has 0 saturated carbocycles. The lowest BCUT2D eigenvalue weighted by Crippen LogP contribution is -2.42. The first kappa shape index (κ1) is 20.8. The van der Waals surface area contributed by atoms with E-state index in [1.807, 2.05) is 0 Å². The summed E-state index contributed by atoms with van der Waals surface area (Å²) in [6.45, 7) is 0.477. The van der Waals surface area contributed by atoms with Crippen LogP contribution in [0.15, 0.2) is 30.5 Å². The predicted molar refractivity (Wildman–Crippen MR) is 96.5 cm³/mol.